The number of rotatable bonds is 7. The number of aromatic nitrogens is 2. The standard InChI is InChI=1S/C11H19N5O/c1-16(7-3-2-4-8-17)11-9(10(12)13)5-6-14-15-11/h5-6,17H,2-4,7-8H2,1H3,(H3,12,13). The van der Waals surface area contributed by atoms with Gasteiger partial charge in [0.1, 0.15) is 5.84 Å². The van der Waals surface area contributed by atoms with Gasteiger partial charge in [-0.05, 0) is 25.3 Å². The van der Waals surface area contributed by atoms with Gasteiger partial charge in [-0.1, -0.05) is 0 Å². The van der Waals surface area contributed by atoms with Gasteiger partial charge in [0.15, 0.2) is 5.82 Å². The zero-order valence-corrected chi connectivity index (χ0v) is 10.1. The summed E-state index contributed by atoms with van der Waals surface area (Å²) in [6, 6.07) is 1.69. The van der Waals surface area contributed by atoms with Gasteiger partial charge >= 0.3 is 0 Å². The highest BCUT2D eigenvalue weighted by atomic mass is 16.2. The first-order valence-corrected chi connectivity index (χ1v) is 5.65. The topological polar surface area (TPSA) is 99.1 Å². The molecule has 0 aliphatic rings. The number of nitrogen functional groups attached to an aromatic ring is 1. The van der Waals surface area contributed by atoms with Crippen LogP contribution in [-0.2, 0) is 0 Å². The molecule has 6 heteroatoms. The van der Waals surface area contributed by atoms with Crippen LogP contribution >= 0.6 is 0 Å². The van der Waals surface area contributed by atoms with Crippen LogP contribution in [0, 0.1) is 5.41 Å². The van der Waals surface area contributed by atoms with Crippen molar-refractivity contribution in [2.75, 3.05) is 25.1 Å². The Kier molecular flexibility index (Phi) is 5.35. The Morgan fingerprint density at radius 1 is 1.47 bits per heavy atom. The zero-order valence-electron chi connectivity index (χ0n) is 10.1. The highest BCUT2D eigenvalue weighted by Crippen LogP contribution is 2.14. The van der Waals surface area contributed by atoms with Gasteiger partial charge in [-0.25, -0.2) is 0 Å². The summed E-state index contributed by atoms with van der Waals surface area (Å²) in [5.41, 5.74) is 6.09. The number of anilines is 1. The molecule has 0 atom stereocenters. The molecule has 1 aromatic heterocycles. The second-order valence-corrected chi connectivity index (χ2v) is 3.89. The Balaban J connectivity index is 2.62. The molecule has 0 aromatic carbocycles. The van der Waals surface area contributed by atoms with Crippen molar-refractivity contribution >= 4 is 11.7 Å². The normalized spacial score (nSPS) is 10.2. The lowest BCUT2D eigenvalue weighted by Crippen LogP contribution is -2.25. The third kappa shape index (κ3) is 3.99. The third-order valence-electron chi connectivity index (χ3n) is 2.50. The Morgan fingerprint density at radius 2 is 2.24 bits per heavy atom. The van der Waals surface area contributed by atoms with Crippen molar-refractivity contribution in [2.45, 2.75) is 19.3 Å². The number of nitrogens with one attached hydrogen (secondary N) is 1. The van der Waals surface area contributed by atoms with E-state index in [1.165, 1.54) is 6.20 Å². The first-order chi connectivity index (χ1) is 8.16. The minimum Gasteiger partial charge on any atom is -0.396 e. The van der Waals surface area contributed by atoms with Gasteiger partial charge in [0.05, 0.1) is 11.8 Å². The molecule has 0 spiro atoms. The van der Waals surface area contributed by atoms with E-state index in [0.717, 1.165) is 25.8 Å². The number of hydrogen-bond acceptors (Lipinski definition) is 5. The van der Waals surface area contributed by atoms with Gasteiger partial charge in [0.2, 0.25) is 0 Å². The van der Waals surface area contributed by atoms with Gasteiger partial charge in [0.25, 0.3) is 0 Å². The van der Waals surface area contributed by atoms with Gasteiger partial charge in [0, 0.05) is 20.2 Å². The van der Waals surface area contributed by atoms with Crippen LogP contribution < -0.4 is 10.6 Å². The van der Waals surface area contributed by atoms with Crippen molar-refractivity contribution in [1.29, 1.82) is 5.41 Å². The van der Waals surface area contributed by atoms with E-state index in [9.17, 15) is 0 Å². The highest BCUT2D eigenvalue weighted by molar-refractivity contribution is 5.99. The Morgan fingerprint density at radius 3 is 2.88 bits per heavy atom. The Hall–Kier alpha value is -1.69. The smallest absolute Gasteiger partial charge is 0.162 e. The predicted octanol–water partition coefficient (Wildman–Crippen LogP) is 0.359. The van der Waals surface area contributed by atoms with E-state index in [2.05, 4.69) is 10.2 Å². The maximum atomic E-state index is 8.68. The van der Waals surface area contributed by atoms with Crippen LogP contribution in [0.5, 0.6) is 0 Å². The monoisotopic (exact) mass is 237 g/mol. The first kappa shape index (κ1) is 13.4. The fourth-order valence-electron chi connectivity index (χ4n) is 1.56. The fourth-order valence-corrected chi connectivity index (χ4v) is 1.56. The number of nitrogens with zero attached hydrogens (tertiary/aromatic N) is 3. The molecule has 94 valence electrons. The number of nitrogens with two attached hydrogens (primary N) is 1. The maximum Gasteiger partial charge on any atom is 0.162 e. The van der Waals surface area contributed by atoms with Crippen molar-refractivity contribution in [3.05, 3.63) is 17.8 Å². The fraction of sp³-hybridized carbons (Fsp3) is 0.545. The lowest BCUT2D eigenvalue weighted by Gasteiger charge is -2.19. The average molecular weight is 237 g/mol. The maximum absolute atomic E-state index is 8.68. The summed E-state index contributed by atoms with van der Waals surface area (Å²) in [5.74, 6) is 0.626. The van der Waals surface area contributed by atoms with E-state index in [1.54, 1.807) is 6.07 Å². The van der Waals surface area contributed by atoms with E-state index in [1.807, 2.05) is 11.9 Å². The summed E-state index contributed by atoms with van der Waals surface area (Å²) in [7, 11) is 1.90. The molecule has 0 saturated heterocycles. The largest absolute Gasteiger partial charge is 0.396 e. The Bertz CT molecular complexity index is 369. The quantitative estimate of drug-likeness (QED) is 0.361. The van der Waals surface area contributed by atoms with E-state index in [-0.39, 0.29) is 12.4 Å². The molecule has 0 fully saturated rings. The first-order valence-electron chi connectivity index (χ1n) is 5.65. The lowest BCUT2D eigenvalue weighted by atomic mass is 10.2. The van der Waals surface area contributed by atoms with Crippen molar-refractivity contribution in [2.24, 2.45) is 5.73 Å². The minimum atomic E-state index is -0.00268. The van der Waals surface area contributed by atoms with Gasteiger partial charge in [-0.15, -0.1) is 5.10 Å². The molecule has 4 N–H and O–H groups in total. The van der Waals surface area contributed by atoms with Crippen molar-refractivity contribution < 1.29 is 5.11 Å². The summed E-state index contributed by atoms with van der Waals surface area (Å²) in [6.45, 7) is 1.03. The predicted molar refractivity (Wildman–Crippen MR) is 67.3 cm³/mol. The van der Waals surface area contributed by atoms with Gasteiger partial charge < -0.3 is 15.7 Å². The second kappa shape index (κ2) is 6.80. The van der Waals surface area contributed by atoms with Crippen molar-refractivity contribution in [1.82, 2.24) is 10.2 Å². The van der Waals surface area contributed by atoms with Gasteiger partial charge in [-0.2, -0.15) is 5.10 Å². The number of aliphatic hydroxyl groups excluding tert-OH is 1. The zero-order chi connectivity index (χ0) is 12.7. The van der Waals surface area contributed by atoms with Crippen LogP contribution in [0.4, 0.5) is 5.82 Å². The van der Waals surface area contributed by atoms with Crippen LogP contribution in [0.2, 0.25) is 0 Å². The van der Waals surface area contributed by atoms with Crippen molar-refractivity contribution in [3.8, 4) is 0 Å². The molecular formula is C11H19N5O. The second-order valence-electron chi connectivity index (χ2n) is 3.89. The third-order valence-corrected chi connectivity index (χ3v) is 2.50. The van der Waals surface area contributed by atoms with Crippen LogP contribution in [-0.4, -0.2) is 41.3 Å². The molecule has 0 radical (unpaired) electrons. The van der Waals surface area contributed by atoms with Crippen LogP contribution in [0.3, 0.4) is 0 Å². The van der Waals surface area contributed by atoms with Crippen LogP contribution in [0.25, 0.3) is 0 Å². The van der Waals surface area contributed by atoms with E-state index in [0.29, 0.717) is 11.4 Å². The summed E-state index contributed by atoms with van der Waals surface area (Å²) in [5, 5.41) is 24.0. The van der Waals surface area contributed by atoms with Crippen molar-refractivity contribution in [3.63, 3.8) is 0 Å². The van der Waals surface area contributed by atoms with Crippen LogP contribution in [0.15, 0.2) is 12.3 Å². The average Bonchev–Trinajstić information content (AvgIpc) is 2.34. The van der Waals surface area contributed by atoms with E-state index in [4.69, 9.17) is 16.2 Å². The molecule has 0 saturated carbocycles. The summed E-state index contributed by atoms with van der Waals surface area (Å²) in [4.78, 5) is 1.93. The Labute approximate surface area is 101 Å². The lowest BCUT2D eigenvalue weighted by molar-refractivity contribution is 0.283. The molecule has 6 nitrogen and oxygen atoms in total. The van der Waals surface area contributed by atoms with Gasteiger partial charge in [-0.3, -0.25) is 5.41 Å². The number of amidine groups is 1. The molecule has 0 unspecified atom stereocenters. The molecular weight excluding hydrogens is 218 g/mol. The molecule has 1 heterocycles. The van der Waals surface area contributed by atoms with E-state index >= 15 is 0 Å². The summed E-state index contributed by atoms with van der Waals surface area (Å²) >= 11 is 0. The molecule has 0 aliphatic carbocycles. The van der Waals surface area contributed by atoms with Crippen LogP contribution in [0.1, 0.15) is 24.8 Å². The van der Waals surface area contributed by atoms with E-state index < -0.39 is 0 Å². The molecule has 1 aromatic rings. The highest BCUT2D eigenvalue weighted by Gasteiger charge is 2.11. The molecule has 0 amide bonds. The summed E-state index contributed by atoms with van der Waals surface area (Å²) in [6.07, 6.45) is 4.27. The SMILES string of the molecule is CN(CCCCCO)c1nnccc1C(=N)N. The number of aliphatic hydroxyl groups is 1. The molecule has 17 heavy (non-hydrogen) atoms. The number of hydrogen-bond donors (Lipinski definition) is 3. The molecule has 0 bridgehead atoms. The summed E-state index contributed by atoms with van der Waals surface area (Å²) < 4.78 is 0. The minimum absolute atomic E-state index is 0.00268. The molecule has 0 aliphatic heterocycles. The number of unbranched alkanes of at least 4 members (excludes halogenated alkanes) is 2. The molecule has 1 rings (SSSR count).